The maximum Gasteiger partial charge on any atom is 0.254 e. The Hall–Kier alpha value is -2.62. The quantitative estimate of drug-likeness (QED) is 0.919. The summed E-state index contributed by atoms with van der Waals surface area (Å²) in [5.74, 6) is 0.0545. The van der Waals surface area contributed by atoms with E-state index in [2.05, 4.69) is 5.32 Å². The molecule has 2 amide bonds. The van der Waals surface area contributed by atoms with Gasteiger partial charge < -0.3 is 10.2 Å². The van der Waals surface area contributed by atoms with Crippen molar-refractivity contribution < 1.29 is 9.59 Å². The van der Waals surface area contributed by atoms with Crippen LogP contribution in [0.2, 0.25) is 0 Å². The van der Waals surface area contributed by atoms with Gasteiger partial charge in [0.05, 0.1) is 0 Å². The molecule has 136 valence electrons. The second-order valence-corrected chi connectivity index (χ2v) is 7.15. The lowest BCUT2D eigenvalue weighted by atomic mass is 10.0. The average molecular weight is 350 g/mol. The van der Waals surface area contributed by atoms with Gasteiger partial charge in [-0.25, -0.2) is 0 Å². The summed E-state index contributed by atoms with van der Waals surface area (Å²) in [7, 11) is 0. The van der Waals surface area contributed by atoms with Crippen LogP contribution in [0.4, 0.5) is 0 Å². The number of hydrogen-bond acceptors (Lipinski definition) is 2. The lowest BCUT2D eigenvalue weighted by Crippen LogP contribution is -2.46. The van der Waals surface area contributed by atoms with E-state index in [-0.39, 0.29) is 17.9 Å². The summed E-state index contributed by atoms with van der Waals surface area (Å²) in [5.41, 5.74) is 4.78. The molecule has 26 heavy (non-hydrogen) atoms. The van der Waals surface area contributed by atoms with Crippen molar-refractivity contribution >= 4 is 11.8 Å². The normalized spacial score (nSPS) is 15.0. The molecule has 0 bridgehead atoms. The Kier molecular flexibility index (Phi) is 5.40. The maximum atomic E-state index is 12.7. The number of amides is 2. The third-order valence-corrected chi connectivity index (χ3v) is 5.26. The number of rotatable bonds is 3. The predicted molar refractivity (Wildman–Crippen MR) is 103 cm³/mol. The first-order valence-electron chi connectivity index (χ1n) is 9.18. The van der Waals surface area contributed by atoms with Crippen molar-refractivity contribution in [1.82, 2.24) is 10.2 Å². The van der Waals surface area contributed by atoms with Crippen LogP contribution in [0.25, 0.3) is 0 Å². The molecule has 1 saturated heterocycles. The van der Waals surface area contributed by atoms with Gasteiger partial charge in [-0.1, -0.05) is 24.3 Å². The third kappa shape index (κ3) is 3.96. The highest BCUT2D eigenvalue weighted by molar-refractivity contribution is 5.96. The highest BCUT2D eigenvalue weighted by Gasteiger charge is 2.25. The number of piperidine rings is 1. The van der Waals surface area contributed by atoms with E-state index < -0.39 is 0 Å². The molecule has 2 aromatic rings. The topological polar surface area (TPSA) is 49.4 Å². The van der Waals surface area contributed by atoms with Crippen LogP contribution in [0.5, 0.6) is 0 Å². The Morgan fingerprint density at radius 1 is 0.923 bits per heavy atom. The van der Waals surface area contributed by atoms with E-state index in [1.807, 2.05) is 68.1 Å². The van der Waals surface area contributed by atoms with E-state index in [0.717, 1.165) is 29.5 Å². The second kappa shape index (κ2) is 7.73. The summed E-state index contributed by atoms with van der Waals surface area (Å²) in [6, 6.07) is 13.6. The molecule has 0 saturated carbocycles. The fourth-order valence-electron chi connectivity index (χ4n) is 3.36. The summed E-state index contributed by atoms with van der Waals surface area (Å²) in [5, 5.41) is 3.12. The lowest BCUT2D eigenvalue weighted by Gasteiger charge is -2.32. The van der Waals surface area contributed by atoms with Crippen LogP contribution in [-0.2, 0) is 0 Å². The van der Waals surface area contributed by atoms with Gasteiger partial charge in [-0.2, -0.15) is 0 Å². The van der Waals surface area contributed by atoms with E-state index in [1.165, 1.54) is 5.56 Å². The average Bonchev–Trinajstić information content (AvgIpc) is 2.64. The minimum absolute atomic E-state index is 0.0308. The molecule has 1 aliphatic rings. The van der Waals surface area contributed by atoms with Gasteiger partial charge in [0, 0.05) is 30.3 Å². The van der Waals surface area contributed by atoms with Gasteiger partial charge in [-0.05, 0) is 68.5 Å². The molecular weight excluding hydrogens is 324 g/mol. The molecule has 1 aliphatic heterocycles. The Balaban J connectivity index is 1.57. The Labute approximate surface area is 155 Å². The van der Waals surface area contributed by atoms with Crippen molar-refractivity contribution in [3.63, 3.8) is 0 Å². The smallest absolute Gasteiger partial charge is 0.254 e. The van der Waals surface area contributed by atoms with E-state index in [0.29, 0.717) is 18.7 Å². The van der Waals surface area contributed by atoms with Crippen molar-refractivity contribution in [2.75, 3.05) is 13.1 Å². The highest BCUT2D eigenvalue weighted by Crippen LogP contribution is 2.17. The number of likely N-dealkylation sites (tertiary alicyclic amines) is 1. The van der Waals surface area contributed by atoms with Crippen LogP contribution in [0, 0.1) is 20.8 Å². The van der Waals surface area contributed by atoms with E-state index in [1.54, 1.807) is 0 Å². The number of benzene rings is 2. The summed E-state index contributed by atoms with van der Waals surface area (Å²) in [6.45, 7) is 7.36. The van der Waals surface area contributed by atoms with Crippen LogP contribution in [0.15, 0.2) is 42.5 Å². The molecule has 1 heterocycles. The van der Waals surface area contributed by atoms with Gasteiger partial charge in [0.2, 0.25) is 0 Å². The van der Waals surface area contributed by atoms with Crippen molar-refractivity contribution in [2.45, 2.75) is 39.7 Å². The first kappa shape index (κ1) is 18.2. The lowest BCUT2D eigenvalue weighted by molar-refractivity contribution is 0.0697. The molecule has 1 N–H and O–H groups in total. The molecule has 2 aromatic carbocycles. The van der Waals surface area contributed by atoms with Gasteiger partial charge in [0.25, 0.3) is 11.8 Å². The molecule has 4 nitrogen and oxygen atoms in total. The molecule has 0 aromatic heterocycles. The largest absolute Gasteiger partial charge is 0.349 e. The number of aryl methyl sites for hydroxylation is 3. The Morgan fingerprint density at radius 2 is 1.62 bits per heavy atom. The Morgan fingerprint density at radius 3 is 2.27 bits per heavy atom. The fourth-order valence-corrected chi connectivity index (χ4v) is 3.36. The molecule has 0 radical (unpaired) electrons. The van der Waals surface area contributed by atoms with Crippen LogP contribution < -0.4 is 5.32 Å². The molecule has 1 fully saturated rings. The minimum Gasteiger partial charge on any atom is -0.349 e. The first-order valence-corrected chi connectivity index (χ1v) is 9.18. The molecule has 0 spiro atoms. The van der Waals surface area contributed by atoms with Gasteiger partial charge in [-0.3, -0.25) is 9.59 Å². The van der Waals surface area contributed by atoms with Crippen LogP contribution in [0.1, 0.15) is 50.2 Å². The number of nitrogens with one attached hydrogen (secondary N) is 1. The molecule has 4 heteroatoms. The number of hydrogen-bond donors (Lipinski definition) is 1. The van der Waals surface area contributed by atoms with E-state index in [9.17, 15) is 9.59 Å². The number of carbonyl (C=O) groups excluding carboxylic acids is 2. The fraction of sp³-hybridized carbons (Fsp3) is 0.364. The first-order chi connectivity index (χ1) is 12.5. The summed E-state index contributed by atoms with van der Waals surface area (Å²) in [4.78, 5) is 27.0. The zero-order chi connectivity index (χ0) is 18.7. The zero-order valence-corrected chi connectivity index (χ0v) is 15.7. The zero-order valence-electron chi connectivity index (χ0n) is 15.7. The van der Waals surface area contributed by atoms with Crippen molar-refractivity contribution in [1.29, 1.82) is 0 Å². The SMILES string of the molecule is Cc1ccc(C(=O)NC2CCN(C(=O)c3ccccc3C)CC2)cc1C. The molecule has 0 unspecified atom stereocenters. The summed E-state index contributed by atoms with van der Waals surface area (Å²) >= 11 is 0. The standard InChI is InChI=1S/C22H26N2O2/c1-15-8-9-18(14-17(15)3)21(25)23-19-10-12-24(13-11-19)22(26)20-7-5-4-6-16(20)2/h4-9,14,19H,10-13H2,1-3H3,(H,23,25). The minimum atomic E-state index is -0.0308. The van der Waals surface area contributed by atoms with Gasteiger partial charge in [-0.15, -0.1) is 0 Å². The molecule has 3 rings (SSSR count). The van der Waals surface area contributed by atoms with Crippen molar-refractivity contribution in [3.05, 3.63) is 70.3 Å². The van der Waals surface area contributed by atoms with Crippen molar-refractivity contribution in [3.8, 4) is 0 Å². The molecule has 0 aliphatic carbocycles. The van der Waals surface area contributed by atoms with Gasteiger partial charge in [0.15, 0.2) is 0 Å². The predicted octanol–water partition coefficient (Wildman–Crippen LogP) is 3.65. The van der Waals surface area contributed by atoms with Crippen LogP contribution in [-0.4, -0.2) is 35.8 Å². The van der Waals surface area contributed by atoms with E-state index in [4.69, 9.17) is 0 Å². The number of carbonyl (C=O) groups is 2. The van der Waals surface area contributed by atoms with Crippen LogP contribution in [0.3, 0.4) is 0 Å². The van der Waals surface area contributed by atoms with E-state index >= 15 is 0 Å². The monoisotopic (exact) mass is 350 g/mol. The van der Waals surface area contributed by atoms with Crippen LogP contribution >= 0.6 is 0 Å². The number of nitrogens with zero attached hydrogens (tertiary/aromatic N) is 1. The second-order valence-electron chi connectivity index (χ2n) is 7.15. The summed E-state index contributed by atoms with van der Waals surface area (Å²) < 4.78 is 0. The molecular formula is C22H26N2O2. The van der Waals surface area contributed by atoms with Crippen molar-refractivity contribution in [2.24, 2.45) is 0 Å². The summed E-state index contributed by atoms with van der Waals surface area (Å²) in [6.07, 6.45) is 1.57. The highest BCUT2D eigenvalue weighted by atomic mass is 16.2. The Bertz CT molecular complexity index is 821. The van der Waals surface area contributed by atoms with Gasteiger partial charge >= 0.3 is 0 Å². The molecule has 0 atom stereocenters. The van der Waals surface area contributed by atoms with Gasteiger partial charge in [0.1, 0.15) is 0 Å². The maximum absolute atomic E-state index is 12.7. The third-order valence-electron chi connectivity index (χ3n) is 5.26.